The average Bonchev–Trinajstić information content (AvgIpc) is 2.28. The van der Waals surface area contributed by atoms with Gasteiger partial charge in [-0.05, 0) is 30.2 Å². The van der Waals surface area contributed by atoms with Crippen LogP contribution in [0.25, 0.3) is 0 Å². The zero-order chi connectivity index (χ0) is 12.1. The van der Waals surface area contributed by atoms with Crippen molar-refractivity contribution in [3.63, 3.8) is 0 Å². The Bertz CT molecular complexity index is 379. The van der Waals surface area contributed by atoms with Crippen molar-refractivity contribution in [2.45, 2.75) is 11.8 Å². The lowest BCUT2D eigenvalue weighted by Crippen LogP contribution is -2.07. The first-order chi connectivity index (χ1) is 7.58. The number of halogens is 2. The number of carbonyl (C=O) groups is 1. The van der Waals surface area contributed by atoms with Gasteiger partial charge in [-0.15, -0.1) is 23.2 Å². The van der Waals surface area contributed by atoms with E-state index in [0.717, 1.165) is 5.56 Å². The molecule has 0 fully saturated rings. The fourth-order valence-electron chi connectivity index (χ4n) is 1.36. The Morgan fingerprint density at radius 1 is 1.56 bits per heavy atom. The second kappa shape index (κ2) is 5.97. The molecule has 0 aromatic heterocycles. The third-order valence-corrected chi connectivity index (χ3v) is 2.98. The Hall–Kier alpha value is -0.930. The third-order valence-electron chi connectivity index (χ3n) is 2.14. The monoisotopic (exact) mass is 262 g/mol. The van der Waals surface area contributed by atoms with Crippen LogP contribution >= 0.6 is 23.2 Å². The molecule has 1 aromatic rings. The summed E-state index contributed by atoms with van der Waals surface area (Å²) in [4.78, 5) is 10.8. The summed E-state index contributed by atoms with van der Waals surface area (Å²) in [5.41, 5.74) is 0.970. The van der Waals surface area contributed by atoms with E-state index in [-0.39, 0.29) is 10.9 Å². The standard InChI is InChI=1S/C11H12Cl2O3/c1-16-10-3-2-7(11(14)15)4-8(10)5-9(13)6-12/h2-4,9H,5-6H2,1H3,(H,14,15). The summed E-state index contributed by atoms with van der Waals surface area (Å²) in [6.45, 7) is 0. The number of carboxylic acids is 1. The van der Waals surface area contributed by atoms with Crippen molar-refractivity contribution in [3.05, 3.63) is 29.3 Å². The fraction of sp³-hybridized carbons (Fsp3) is 0.364. The first-order valence-electron chi connectivity index (χ1n) is 4.68. The van der Waals surface area contributed by atoms with Crippen LogP contribution in [0, 0.1) is 0 Å². The van der Waals surface area contributed by atoms with Crippen LogP contribution in [0.15, 0.2) is 18.2 Å². The van der Waals surface area contributed by atoms with Crippen molar-refractivity contribution in [2.24, 2.45) is 0 Å². The molecule has 1 aromatic carbocycles. The number of carboxylic acid groups (broad SMARTS) is 1. The van der Waals surface area contributed by atoms with Crippen molar-refractivity contribution < 1.29 is 14.6 Å². The molecule has 0 spiro atoms. The molecular weight excluding hydrogens is 251 g/mol. The molecule has 0 amide bonds. The van der Waals surface area contributed by atoms with Gasteiger partial charge in [0, 0.05) is 5.88 Å². The zero-order valence-electron chi connectivity index (χ0n) is 8.74. The zero-order valence-corrected chi connectivity index (χ0v) is 10.3. The van der Waals surface area contributed by atoms with Gasteiger partial charge in [0.15, 0.2) is 0 Å². The number of hydrogen-bond acceptors (Lipinski definition) is 2. The van der Waals surface area contributed by atoms with Gasteiger partial charge in [0.05, 0.1) is 18.1 Å². The fourth-order valence-corrected chi connectivity index (χ4v) is 1.64. The number of ether oxygens (including phenoxy) is 1. The van der Waals surface area contributed by atoms with E-state index < -0.39 is 5.97 Å². The Labute approximate surface area is 104 Å². The highest BCUT2D eigenvalue weighted by molar-refractivity contribution is 6.28. The van der Waals surface area contributed by atoms with Crippen molar-refractivity contribution in [1.82, 2.24) is 0 Å². The number of rotatable bonds is 5. The highest BCUT2D eigenvalue weighted by Crippen LogP contribution is 2.23. The van der Waals surface area contributed by atoms with Crippen molar-refractivity contribution in [2.75, 3.05) is 13.0 Å². The summed E-state index contributed by atoms with van der Waals surface area (Å²) in [5.74, 6) is -0.0381. The molecule has 0 aliphatic heterocycles. The third kappa shape index (κ3) is 3.29. The Morgan fingerprint density at radius 3 is 2.75 bits per heavy atom. The van der Waals surface area contributed by atoms with Crippen molar-refractivity contribution in [3.8, 4) is 5.75 Å². The van der Waals surface area contributed by atoms with Crippen LogP contribution in [0.2, 0.25) is 0 Å². The van der Waals surface area contributed by atoms with Crippen LogP contribution in [0.5, 0.6) is 5.75 Å². The van der Waals surface area contributed by atoms with E-state index in [0.29, 0.717) is 18.1 Å². The molecule has 3 nitrogen and oxygen atoms in total. The van der Waals surface area contributed by atoms with Crippen LogP contribution in [0.3, 0.4) is 0 Å². The van der Waals surface area contributed by atoms with Crippen LogP contribution in [0.4, 0.5) is 0 Å². The van der Waals surface area contributed by atoms with Gasteiger partial charge < -0.3 is 9.84 Å². The molecule has 1 N–H and O–H groups in total. The van der Waals surface area contributed by atoms with Gasteiger partial charge in [-0.1, -0.05) is 0 Å². The predicted octanol–water partition coefficient (Wildman–Crippen LogP) is 2.78. The maximum Gasteiger partial charge on any atom is 0.335 e. The van der Waals surface area contributed by atoms with Crippen molar-refractivity contribution in [1.29, 1.82) is 0 Å². The molecule has 0 bridgehead atoms. The molecule has 0 aliphatic rings. The number of aromatic carboxylic acids is 1. The maximum absolute atomic E-state index is 10.8. The normalized spacial score (nSPS) is 12.2. The highest BCUT2D eigenvalue weighted by atomic mass is 35.5. The topological polar surface area (TPSA) is 46.5 Å². The first-order valence-corrected chi connectivity index (χ1v) is 5.65. The minimum atomic E-state index is -0.971. The number of hydrogen-bond donors (Lipinski definition) is 1. The molecule has 0 saturated carbocycles. The largest absolute Gasteiger partial charge is 0.496 e. The van der Waals surface area contributed by atoms with E-state index in [4.69, 9.17) is 33.0 Å². The molecule has 0 saturated heterocycles. The molecule has 16 heavy (non-hydrogen) atoms. The molecule has 0 heterocycles. The van der Waals surface area contributed by atoms with Crippen LogP contribution < -0.4 is 4.74 Å². The minimum absolute atomic E-state index is 0.217. The maximum atomic E-state index is 10.8. The molecule has 0 aliphatic carbocycles. The van der Waals surface area contributed by atoms with E-state index in [2.05, 4.69) is 0 Å². The van der Waals surface area contributed by atoms with E-state index >= 15 is 0 Å². The molecule has 1 atom stereocenters. The summed E-state index contributed by atoms with van der Waals surface area (Å²) in [5, 5.41) is 8.63. The molecule has 5 heteroatoms. The van der Waals surface area contributed by atoms with Gasteiger partial charge in [-0.3, -0.25) is 0 Å². The van der Waals surface area contributed by atoms with Gasteiger partial charge in [-0.2, -0.15) is 0 Å². The molecule has 1 rings (SSSR count). The van der Waals surface area contributed by atoms with E-state index in [1.807, 2.05) is 0 Å². The number of benzene rings is 1. The number of methoxy groups -OCH3 is 1. The Balaban J connectivity index is 3.02. The summed E-state index contributed by atoms with van der Waals surface area (Å²) in [6.07, 6.45) is 0.481. The summed E-state index contributed by atoms with van der Waals surface area (Å²) in [7, 11) is 1.53. The summed E-state index contributed by atoms with van der Waals surface area (Å²) < 4.78 is 5.13. The quantitative estimate of drug-likeness (QED) is 0.831. The lowest BCUT2D eigenvalue weighted by atomic mass is 10.1. The Kier molecular flexibility index (Phi) is 4.90. The smallest absolute Gasteiger partial charge is 0.335 e. The number of alkyl halides is 2. The average molecular weight is 263 g/mol. The Morgan fingerprint density at radius 2 is 2.25 bits per heavy atom. The van der Waals surface area contributed by atoms with Crippen LogP contribution in [-0.2, 0) is 6.42 Å². The van der Waals surface area contributed by atoms with Crippen LogP contribution in [-0.4, -0.2) is 29.4 Å². The SMILES string of the molecule is COc1ccc(C(=O)O)cc1CC(Cl)CCl. The summed E-state index contributed by atoms with van der Waals surface area (Å²) in [6, 6.07) is 4.67. The van der Waals surface area contributed by atoms with Gasteiger partial charge in [0.1, 0.15) is 5.75 Å². The second-order valence-electron chi connectivity index (χ2n) is 3.29. The molecule has 88 valence electrons. The first kappa shape index (κ1) is 13.1. The van der Waals surface area contributed by atoms with Crippen LogP contribution in [0.1, 0.15) is 15.9 Å². The summed E-state index contributed by atoms with van der Waals surface area (Å²) >= 11 is 11.5. The highest BCUT2D eigenvalue weighted by Gasteiger charge is 2.12. The lowest BCUT2D eigenvalue weighted by molar-refractivity contribution is 0.0696. The lowest BCUT2D eigenvalue weighted by Gasteiger charge is -2.11. The second-order valence-corrected chi connectivity index (χ2v) is 4.21. The van der Waals surface area contributed by atoms with E-state index in [1.54, 1.807) is 12.1 Å². The van der Waals surface area contributed by atoms with Gasteiger partial charge in [0.2, 0.25) is 0 Å². The van der Waals surface area contributed by atoms with Gasteiger partial charge >= 0.3 is 5.97 Å². The van der Waals surface area contributed by atoms with E-state index in [9.17, 15) is 4.79 Å². The molecular formula is C11H12Cl2O3. The van der Waals surface area contributed by atoms with Crippen molar-refractivity contribution >= 4 is 29.2 Å². The van der Waals surface area contributed by atoms with E-state index in [1.165, 1.54) is 13.2 Å². The molecule has 0 radical (unpaired) electrons. The predicted molar refractivity (Wildman–Crippen MR) is 64.0 cm³/mol. The minimum Gasteiger partial charge on any atom is -0.496 e. The van der Waals surface area contributed by atoms with Gasteiger partial charge in [0.25, 0.3) is 0 Å². The molecule has 1 unspecified atom stereocenters. The van der Waals surface area contributed by atoms with Gasteiger partial charge in [-0.25, -0.2) is 4.79 Å².